The standard InChI is InChI=1S/C16H20OS/c1-13-10-11-15(18-13)16(2,17)12-6-9-14-7-4-3-5-8-14/h3-5,7-8,10-11,17H,6,9,12H2,1-2H3. The van der Waals surface area contributed by atoms with Crippen LogP contribution in [0, 0.1) is 6.92 Å². The molecule has 1 unspecified atom stereocenters. The Labute approximate surface area is 113 Å². The van der Waals surface area contributed by atoms with Gasteiger partial charge in [-0.3, -0.25) is 0 Å². The molecule has 1 nitrogen and oxygen atoms in total. The summed E-state index contributed by atoms with van der Waals surface area (Å²) in [5.74, 6) is 0. The van der Waals surface area contributed by atoms with Crippen molar-refractivity contribution in [2.24, 2.45) is 0 Å². The van der Waals surface area contributed by atoms with E-state index in [1.165, 1.54) is 10.4 Å². The van der Waals surface area contributed by atoms with E-state index in [1.54, 1.807) is 11.3 Å². The highest BCUT2D eigenvalue weighted by Crippen LogP contribution is 2.31. The number of hydrogen-bond acceptors (Lipinski definition) is 2. The van der Waals surface area contributed by atoms with Gasteiger partial charge in [0.15, 0.2) is 0 Å². The van der Waals surface area contributed by atoms with Crippen molar-refractivity contribution in [2.75, 3.05) is 0 Å². The van der Waals surface area contributed by atoms with Gasteiger partial charge in [-0.15, -0.1) is 11.3 Å². The molecule has 0 fully saturated rings. The second kappa shape index (κ2) is 5.68. The van der Waals surface area contributed by atoms with Gasteiger partial charge in [-0.25, -0.2) is 0 Å². The fraction of sp³-hybridized carbons (Fsp3) is 0.375. The highest BCUT2D eigenvalue weighted by atomic mass is 32.1. The third kappa shape index (κ3) is 3.44. The Morgan fingerprint density at radius 1 is 1.11 bits per heavy atom. The first-order valence-corrected chi connectivity index (χ1v) is 7.23. The van der Waals surface area contributed by atoms with E-state index in [0.29, 0.717) is 0 Å². The van der Waals surface area contributed by atoms with E-state index in [1.807, 2.05) is 19.1 Å². The molecular weight excluding hydrogens is 240 g/mol. The maximum Gasteiger partial charge on any atom is 0.0960 e. The Morgan fingerprint density at radius 3 is 2.44 bits per heavy atom. The fourth-order valence-corrected chi connectivity index (χ4v) is 3.07. The number of hydrogen-bond donors (Lipinski definition) is 1. The number of aryl methyl sites for hydroxylation is 2. The van der Waals surface area contributed by atoms with Gasteiger partial charge in [-0.1, -0.05) is 30.3 Å². The molecule has 18 heavy (non-hydrogen) atoms. The van der Waals surface area contributed by atoms with Crippen LogP contribution in [0.3, 0.4) is 0 Å². The van der Waals surface area contributed by atoms with Gasteiger partial charge in [-0.05, 0) is 50.8 Å². The van der Waals surface area contributed by atoms with E-state index >= 15 is 0 Å². The Kier molecular flexibility index (Phi) is 4.20. The summed E-state index contributed by atoms with van der Waals surface area (Å²) < 4.78 is 0. The number of benzene rings is 1. The number of aliphatic hydroxyl groups is 1. The first-order valence-electron chi connectivity index (χ1n) is 6.41. The number of thiophene rings is 1. The molecule has 0 aliphatic heterocycles. The monoisotopic (exact) mass is 260 g/mol. The van der Waals surface area contributed by atoms with Gasteiger partial charge < -0.3 is 5.11 Å². The van der Waals surface area contributed by atoms with E-state index in [2.05, 4.69) is 37.3 Å². The van der Waals surface area contributed by atoms with Crippen LogP contribution in [0.4, 0.5) is 0 Å². The van der Waals surface area contributed by atoms with Gasteiger partial charge in [-0.2, -0.15) is 0 Å². The molecule has 1 aromatic heterocycles. The second-order valence-corrected chi connectivity index (χ2v) is 6.31. The average molecular weight is 260 g/mol. The minimum absolute atomic E-state index is 0.687. The normalized spacial score (nSPS) is 14.4. The number of rotatable bonds is 5. The fourth-order valence-electron chi connectivity index (χ4n) is 2.13. The average Bonchev–Trinajstić information content (AvgIpc) is 2.78. The Hall–Kier alpha value is -1.12. The lowest BCUT2D eigenvalue weighted by molar-refractivity contribution is 0.0494. The van der Waals surface area contributed by atoms with Crippen LogP contribution in [-0.4, -0.2) is 5.11 Å². The van der Waals surface area contributed by atoms with E-state index in [-0.39, 0.29) is 0 Å². The molecule has 2 aromatic rings. The zero-order chi connectivity index (χ0) is 13.0. The highest BCUT2D eigenvalue weighted by molar-refractivity contribution is 7.12. The van der Waals surface area contributed by atoms with Crippen LogP contribution < -0.4 is 0 Å². The quantitative estimate of drug-likeness (QED) is 0.850. The van der Waals surface area contributed by atoms with Crippen molar-refractivity contribution in [1.29, 1.82) is 0 Å². The minimum atomic E-state index is -0.687. The van der Waals surface area contributed by atoms with Crippen molar-refractivity contribution in [3.05, 3.63) is 57.8 Å². The Morgan fingerprint density at radius 2 is 1.83 bits per heavy atom. The largest absolute Gasteiger partial charge is 0.385 e. The van der Waals surface area contributed by atoms with Crippen molar-refractivity contribution in [2.45, 2.75) is 38.7 Å². The van der Waals surface area contributed by atoms with Crippen molar-refractivity contribution >= 4 is 11.3 Å². The SMILES string of the molecule is Cc1ccc(C(C)(O)CCCc2ccccc2)s1. The minimum Gasteiger partial charge on any atom is -0.385 e. The summed E-state index contributed by atoms with van der Waals surface area (Å²) in [6.45, 7) is 4.00. The molecule has 2 rings (SSSR count). The zero-order valence-corrected chi connectivity index (χ0v) is 11.8. The predicted octanol–water partition coefficient (Wildman–Crippen LogP) is 4.29. The van der Waals surface area contributed by atoms with Gasteiger partial charge in [0, 0.05) is 9.75 Å². The molecule has 0 saturated carbocycles. The third-order valence-corrected chi connectivity index (χ3v) is 4.50. The van der Waals surface area contributed by atoms with E-state index in [0.717, 1.165) is 24.1 Å². The smallest absolute Gasteiger partial charge is 0.0960 e. The molecule has 0 aliphatic carbocycles. The molecule has 1 heterocycles. The van der Waals surface area contributed by atoms with Crippen molar-refractivity contribution in [3.63, 3.8) is 0 Å². The van der Waals surface area contributed by atoms with Crippen LogP contribution in [0.25, 0.3) is 0 Å². The molecule has 1 atom stereocenters. The maximum absolute atomic E-state index is 10.5. The molecule has 0 spiro atoms. The van der Waals surface area contributed by atoms with Crippen molar-refractivity contribution in [3.8, 4) is 0 Å². The first kappa shape index (κ1) is 13.3. The topological polar surface area (TPSA) is 20.2 Å². The van der Waals surface area contributed by atoms with Gasteiger partial charge in [0.25, 0.3) is 0 Å². The third-order valence-electron chi connectivity index (χ3n) is 3.24. The summed E-state index contributed by atoms with van der Waals surface area (Å²) in [6.07, 6.45) is 2.84. The summed E-state index contributed by atoms with van der Waals surface area (Å²) in [4.78, 5) is 2.33. The van der Waals surface area contributed by atoms with E-state index in [9.17, 15) is 5.11 Å². The molecule has 1 N–H and O–H groups in total. The highest BCUT2D eigenvalue weighted by Gasteiger charge is 2.23. The van der Waals surface area contributed by atoms with Crippen LogP contribution in [0.2, 0.25) is 0 Å². The molecule has 2 heteroatoms. The Bertz CT molecular complexity index is 485. The van der Waals surface area contributed by atoms with Crippen LogP contribution in [0.1, 0.15) is 35.1 Å². The zero-order valence-electron chi connectivity index (χ0n) is 11.0. The van der Waals surface area contributed by atoms with Crippen LogP contribution in [0.15, 0.2) is 42.5 Å². The van der Waals surface area contributed by atoms with Crippen LogP contribution in [-0.2, 0) is 12.0 Å². The van der Waals surface area contributed by atoms with Gasteiger partial charge in [0.05, 0.1) is 5.60 Å². The molecule has 1 aromatic carbocycles. The van der Waals surface area contributed by atoms with Gasteiger partial charge >= 0.3 is 0 Å². The lowest BCUT2D eigenvalue weighted by Gasteiger charge is -2.21. The van der Waals surface area contributed by atoms with Gasteiger partial charge in [0.1, 0.15) is 0 Å². The molecule has 0 radical (unpaired) electrons. The van der Waals surface area contributed by atoms with Crippen molar-refractivity contribution < 1.29 is 5.11 Å². The lowest BCUT2D eigenvalue weighted by Crippen LogP contribution is -2.19. The Balaban J connectivity index is 1.89. The maximum atomic E-state index is 10.5. The summed E-state index contributed by atoms with van der Waals surface area (Å²) in [6, 6.07) is 14.6. The molecule has 96 valence electrons. The van der Waals surface area contributed by atoms with E-state index in [4.69, 9.17) is 0 Å². The molecule has 0 aliphatic rings. The van der Waals surface area contributed by atoms with Gasteiger partial charge in [0.2, 0.25) is 0 Å². The molecular formula is C16H20OS. The summed E-state index contributed by atoms with van der Waals surface area (Å²) in [7, 11) is 0. The predicted molar refractivity (Wildman–Crippen MR) is 78.0 cm³/mol. The summed E-state index contributed by atoms with van der Waals surface area (Å²) in [5, 5.41) is 10.5. The molecule has 0 amide bonds. The summed E-state index contributed by atoms with van der Waals surface area (Å²) in [5.41, 5.74) is 0.656. The molecule has 0 bridgehead atoms. The van der Waals surface area contributed by atoms with E-state index < -0.39 is 5.60 Å². The lowest BCUT2D eigenvalue weighted by atomic mass is 9.95. The van der Waals surface area contributed by atoms with Crippen LogP contribution >= 0.6 is 11.3 Å². The summed E-state index contributed by atoms with van der Waals surface area (Å²) >= 11 is 1.69. The first-order chi connectivity index (χ1) is 8.58. The van der Waals surface area contributed by atoms with Crippen molar-refractivity contribution in [1.82, 2.24) is 0 Å². The second-order valence-electron chi connectivity index (χ2n) is 5.02. The molecule has 0 saturated heterocycles. The van der Waals surface area contributed by atoms with Crippen LogP contribution in [0.5, 0.6) is 0 Å².